The zero-order valence-corrected chi connectivity index (χ0v) is 12.8. The van der Waals surface area contributed by atoms with Crippen molar-refractivity contribution in [2.75, 3.05) is 20.8 Å². The van der Waals surface area contributed by atoms with E-state index >= 15 is 0 Å². The Kier molecular flexibility index (Phi) is 5.48. The van der Waals surface area contributed by atoms with Gasteiger partial charge in [0.1, 0.15) is 5.82 Å². The smallest absolute Gasteiger partial charge is 0.123 e. The van der Waals surface area contributed by atoms with Gasteiger partial charge in [-0.15, -0.1) is 0 Å². The quantitative estimate of drug-likeness (QED) is 0.868. The third-order valence-electron chi connectivity index (χ3n) is 3.77. The molecule has 2 aromatic carbocycles. The number of rotatable bonds is 6. The molecule has 0 amide bonds. The van der Waals surface area contributed by atoms with Crippen LogP contribution in [0.2, 0.25) is 0 Å². The normalized spacial score (nSPS) is 12.4. The van der Waals surface area contributed by atoms with E-state index in [-0.39, 0.29) is 11.9 Å². The first-order chi connectivity index (χ1) is 10.2. The van der Waals surface area contributed by atoms with Crippen LogP contribution >= 0.6 is 0 Å². The molecule has 0 fully saturated rings. The third kappa shape index (κ3) is 3.90. The monoisotopic (exact) mass is 287 g/mol. The number of benzene rings is 2. The largest absolute Gasteiger partial charge is 0.384 e. The predicted molar refractivity (Wildman–Crippen MR) is 84.9 cm³/mol. The molecule has 2 rings (SSSR count). The Labute approximate surface area is 126 Å². The highest BCUT2D eigenvalue weighted by molar-refractivity contribution is 5.68. The topological polar surface area (TPSA) is 21.3 Å². The Bertz CT molecular complexity index is 580. The van der Waals surface area contributed by atoms with Crippen LogP contribution in [-0.2, 0) is 11.2 Å². The Morgan fingerprint density at radius 2 is 1.86 bits per heavy atom. The fraction of sp³-hybridized carbons (Fsp3) is 0.333. The van der Waals surface area contributed by atoms with Gasteiger partial charge < -0.3 is 10.1 Å². The average Bonchev–Trinajstić information content (AvgIpc) is 2.52. The number of nitrogens with one attached hydrogen (secondary N) is 1. The Balaban J connectivity index is 2.34. The fourth-order valence-corrected chi connectivity index (χ4v) is 2.38. The highest BCUT2D eigenvalue weighted by Crippen LogP contribution is 2.29. The summed E-state index contributed by atoms with van der Waals surface area (Å²) < 4.78 is 18.7. The summed E-state index contributed by atoms with van der Waals surface area (Å²) in [7, 11) is 3.61. The molecule has 0 bridgehead atoms. The second-order valence-corrected chi connectivity index (χ2v) is 5.18. The summed E-state index contributed by atoms with van der Waals surface area (Å²) >= 11 is 0. The minimum absolute atomic E-state index is 0.175. The first kappa shape index (κ1) is 15.7. The lowest BCUT2D eigenvalue weighted by atomic mass is 9.94. The third-order valence-corrected chi connectivity index (χ3v) is 3.77. The van der Waals surface area contributed by atoms with Gasteiger partial charge in [-0.1, -0.05) is 30.3 Å². The van der Waals surface area contributed by atoms with E-state index in [1.54, 1.807) is 13.2 Å². The van der Waals surface area contributed by atoms with E-state index in [9.17, 15) is 4.39 Å². The van der Waals surface area contributed by atoms with E-state index < -0.39 is 0 Å². The molecule has 112 valence electrons. The van der Waals surface area contributed by atoms with Crippen LogP contribution in [0.15, 0.2) is 42.5 Å². The Morgan fingerprint density at radius 3 is 2.48 bits per heavy atom. The van der Waals surface area contributed by atoms with Gasteiger partial charge in [0.05, 0.1) is 6.61 Å². The van der Waals surface area contributed by atoms with E-state index in [0.29, 0.717) is 6.61 Å². The van der Waals surface area contributed by atoms with Crippen molar-refractivity contribution >= 4 is 0 Å². The summed E-state index contributed by atoms with van der Waals surface area (Å²) in [5.74, 6) is -0.208. The van der Waals surface area contributed by atoms with Crippen molar-refractivity contribution in [3.05, 3.63) is 59.4 Å². The molecule has 0 aliphatic heterocycles. The van der Waals surface area contributed by atoms with E-state index in [1.807, 2.05) is 25.2 Å². The summed E-state index contributed by atoms with van der Waals surface area (Å²) in [6, 6.07) is 13.4. The summed E-state index contributed by atoms with van der Waals surface area (Å²) in [5, 5.41) is 3.21. The van der Waals surface area contributed by atoms with Crippen LogP contribution in [0, 0.1) is 5.82 Å². The maximum absolute atomic E-state index is 13.6. The molecular weight excluding hydrogens is 265 g/mol. The summed E-state index contributed by atoms with van der Waals surface area (Å²) in [6.07, 6.45) is 0.889. The highest BCUT2D eigenvalue weighted by Gasteiger charge is 2.11. The zero-order chi connectivity index (χ0) is 15.2. The van der Waals surface area contributed by atoms with Gasteiger partial charge in [0.2, 0.25) is 0 Å². The molecule has 0 radical (unpaired) electrons. The molecule has 0 saturated heterocycles. The van der Waals surface area contributed by atoms with Gasteiger partial charge in [-0.2, -0.15) is 0 Å². The van der Waals surface area contributed by atoms with Crippen LogP contribution in [0.25, 0.3) is 11.1 Å². The van der Waals surface area contributed by atoms with Gasteiger partial charge in [0, 0.05) is 13.2 Å². The van der Waals surface area contributed by atoms with Gasteiger partial charge in [0.15, 0.2) is 0 Å². The Morgan fingerprint density at radius 1 is 1.14 bits per heavy atom. The maximum atomic E-state index is 13.6. The molecule has 0 spiro atoms. The molecule has 2 nitrogen and oxygen atoms in total. The minimum atomic E-state index is -0.208. The molecule has 0 aliphatic carbocycles. The van der Waals surface area contributed by atoms with Crippen molar-refractivity contribution in [3.8, 4) is 11.1 Å². The number of ether oxygens (including phenoxy) is 1. The number of halogens is 1. The van der Waals surface area contributed by atoms with Gasteiger partial charge >= 0.3 is 0 Å². The van der Waals surface area contributed by atoms with Crippen LogP contribution in [0.1, 0.15) is 24.1 Å². The van der Waals surface area contributed by atoms with Crippen LogP contribution < -0.4 is 5.32 Å². The molecule has 0 heterocycles. The summed E-state index contributed by atoms with van der Waals surface area (Å²) in [4.78, 5) is 0. The predicted octanol–water partition coefficient (Wildman–Crippen LogP) is 3.96. The first-order valence-electron chi connectivity index (χ1n) is 7.20. The molecule has 0 aromatic heterocycles. The molecule has 3 heteroatoms. The number of hydrogen-bond donors (Lipinski definition) is 1. The second kappa shape index (κ2) is 7.34. The lowest BCUT2D eigenvalue weighted by molar-refractivity contribution is 0.202. The van der Waals surface area contributed by atoms with Crippen LogP contribution in [0.4, 0.5) is 4.39 Å². The standard InChI is InChI=1S/C18H22FNO/c1-13(20-2)17-9-8-16(19)12-18(17)15-6-4-14(5-7-15)10-11-21-3/h4-9,12-13,20H,10-11H2,1-3H3. The molecule has 1 N–H and O–H groups in total. The van der Waals surface area contributed by atoms with Crippen molar-refractivity contribution in [1.29, 1.82) is 0 Å². The van der Waals surface area contributed by atoms with Gasteiger partial charge in [0.25, 0.3) is 0 Å². The summed E-state index contributed by atoms with van der Waals surface area (Å²) in [5.41, 5.74) is 4.30. The van der Waals surface area contributed by atoms with Crippen LogP contribution in [-0.4, -0.2) is 20.8 Å². The number of hydrogen-bond acceptors (Lipinski definition) is 2. The SMILES string of the molecule is CNC(C)c1ccc(F)cc1-c1ccc(CCOC)cc1. The summed E-state index contributed by atoms with van der Waals surface area (Å²) in [6.45, 7) is 2.78. The first-order valence-corrected chi connectivity index (χ1v) is 7.20. The van der Waals surface area contributed by atoms with Gasteiger partial charge in [-0.05, 0) is 54.8 Å². The van der Waals surface area contributed by atoms with E-state index in [4.69, 9.17) is 4.74 Å². The zero-order valence-electron chi connectivity index (χ0n) is 12.8. The number of methoxy groups -OCH3 is 1. The highest BCUT2D eigenvalue weighted by atomic mass is 19.1. The Hall–Kier alpha value is -1.71. The lowest BCUT2D eigenvalue weighted by Crippen LogP contribution is -2.13. The van der Waals surface area contributed by atoms with Crippen molar-refractivity contribution < 1.29 is 9.13 Å². The van der Waals surface area contributed by atoms with Crippen molar-refractivity contribution in [1.82, 2.24) is 5.32 Å². The van der Waals surface area contributed by atoms with Gasteiger partial charge in [-0.3, -0.25) is 0 Å². The lowest BCUT2D eigenvalue weighted by Gasteiger charge is -2.16. The van der Waals surface area contributed by atoms with E-state index in [2.05, 4.69) is 24.4 Å². The molecule has 2 aromatic rings. The second-order valence-electron chi connectivity index (χ2n) is 5.18. The maximum Gasteiger partial charge on any atom is 0.123 e. The average molecular weight is 287 g/mol. The van der Waals surface area contributed by atoms with Gasteiger partial charge in [-0.25, -0.2) is 4.39 Å². The molecule has 1 atom stereocenters. The van der Waals surface area contributed by atoms with E-state index in [0.717, 1.165) is 23.1 Å². The van der Waals surface area contributed by atoms with Crippen LogP contribution in [0.3, 0.4) is 0 Å². The van der Waals surface area contributed by atoms with Crippen molar-refractivity contribution in [2.24, 2.45) is 0 Å². The minimum Gasteiger partial charge on any atom is -0.384 e. The fourth-order valence-electron chi connectivity index (χ4n) is 2.38. The van der Waals surface area contributed by atoms with E-state index in [1.165, 1.54) is 11.6 Å². The van der Waals surface area contributed by atoms with Crippen LogP contribution in [0.5, 0.6) is 0 Å². The molecule has 0 saturated carbocycles. The van der Waals surface area contributed by atoms with Crippen molar-refractivity contribution in [2.45, 2.75) is 19.4 Å². The molecule has 21 heavy (non-hydrogen) atoms. The van der Waals surface area contributed by atoms with Crippen molar-refractivity contribution in [3.63, 3.8) is 0 Å². The molecule has 0 aliphatic rings. The molecule has 1 unspecified atom stereocenters. The molecular formula is C18H22FNO.